The van der Waals surface area contributed by atoms with Crippen LogP contribution in [0.5, 0.6) is 0 Å². The summed E-state index contributed by atoms with van der Waals surface area (Å²) in [5.41, 5.74) is 11.6. The van der Waals surface area contributed by atoms with Crippen molar-refractivity contribution >= 4 is 0 Å². The minimum Gasteiger partial charge on any atom is -0.379 e. The Morgan fingerprint density at radius 3 is 2.56 bits per heavy atom. The molecule has 2 atom stereocenters. The number of aryl methyl sites for hydroxylation is 3. The van der Waals surface area contributed by atoms with E-state index in [4.69, 9.17) is 10.5 Å². The van der Waals surface area contributed by atoms with E-state index in [1.54, 1.807) is 0 Å². The van der Waals surface area contributed by atoms with Crippen molar-refractivity contribution in [2.24, 2.45) is 5.73 Å². The van der Waals surface area contributed by atoms with Crippen molar-refractivity contribution in [1.82, 2.24) is 5.32 Å². The Hall–Kier alpha value is -0.900. The summed E-state index contributed by atoms with van der Waals surface area (Å²) in [5, 5.41) is 3.47. The highest BCUT2D eigenvalue weighted by Crippen LogP contribution is 2.25. The lowest BCUT2D eigenvalue weighted by atomic mass is 9.91. The van der Waals surface area contributed by atoms with Gasteiger partial charge in [0, 0.05) is 18.6 Å². The second-order valence-electron chi connectivity index (χ2n) is 5.38. The molecule has 18 heavy (non-hydrogen) atoms. The van der Waals surface area contributed by atoms with Gasteiger partial charge < -0.3 is 15.8 Å². The lowest BCUT2D eigenvalue weighted by Crippen LogP contribution is -2.43. The van der Waals surface area contributed by atoms with Gasteiger partial charge in [0.05, 0.1) is 13.2 Å². The first-order chi connectivity index (χ1) is 8.58. The summed E-state index contributed by atoms with van der Waals surface area (Å²) in [6.07, 6.45) is 0.935. The van der Waals surface area contributed by atoms with Crippen LogP contribution < -0.4 is 11.1 Å². The molecule has 3 heteroatoms. The van der Waals surface area contributed by atoms with E-state index < -0.39 is 0 Å². The lowest BCUT2D eigenvalue weighted by molar-refractivity contribution is 0.0719. The minimum absolute atomic E-state index is 0.0878. The van der Waals surface area contributed by atoms with Crippen molar-refractivity contribution in [2.75, 3.05) is 19.8 Å². The second-order valence-corrected chi connectivity index (χ2v) is 5.38. The molecule has 0 spiro atoms. The molecule has 2 rings (SSSR count). The molecule has 0 aliphatic carbocycles. The molecular formula is C15H24N2O. The molecule has 0 amide bonds. The van der Waals surface area contributed by atoms with Crippen LogP contribution in [0.1, 0.15) is 34.7 Å². The molecule has 1 saturated heterocycles. The van der Waals surface area contributed by atoms with Crippen LogP contribution in [0.4, 0.5) is 0 Å². The van der Waals surface area contributed by atoms with Gasteiger partial charge in [0.15, 0.2) is 0 Å². The lowest BCUT2D eigenvalue weighted by Gasteiger charge is -2.27. The number of hydrogen-bond donors (Lipinski definition) is 2. The number of hydrogen-bond acceptors (Lipinski definition) is 3. The Morgan fingerprint density at radius 1 is 1.33 bits per heavy atom. The fraction of sp³-hybridized carbons (Fsp3) is 0.600. The van der Waals surface area contributed by atoms with E-state index in [0.717, 1.165) is 26.2 Å². The van der Waals surface area contributed by atoms with Crippen molar-refractivity contribution in [3.63, 3.8) is 0 Å². The van der Waals surface area contributed by atoms with Gasteiger partial charge in [-0.1, -0.05) is 17.7 Å². The predicted molar refractivity (Wildman–Crippen MR) is 74.8 cm³/mol. The minimum atomic E-state index is 0.0878. The summed E-state index contributed by atoms with van der Waals surface area (Å²) in [6, 6.07) is 4.90. The van der Waals surface area contributed by atoms with Gasteiger partial charge in [-0.05, 0) is 43.9 Å². The van der Waals surface area contributed by atoms with Crippen LogP contribution in [0.2, 0.25) is 0 Å². The number of rotatable bonds is 3. The Balaban J connectivity index is 2.10. The second kappa shape index (κ2) is 5.83. The van der Waals surface area contributed by atoms with Gasteiger partial charge in [0.1, 0.15) is 0 Å². The Kier molecular flexibility index (Phi) is 4.38. The highest BCUT2D eigenvalue weighted by molar-refractivity contribution is 5.39. The van der Waals surface area contributed by atoms with E-state index >= 15 is 0 Å². The van der Waals surface area contributed by atoms with Crippen molar-refractivity contribution < 1.29 is 4.74 Å². The Bertz CT molecular complexity index is 388. The maximum Gasteiger partial charge on any atom is 0.0620 e. The maximum atomic E-state index is 6.38. The van der Waals surface area contributed by atoms with Crippen LogP contribution in [-0.2, 0) is 4.74 Å². The molecule has 3 N–H and O–H groups in total. The van der Waals surface area contributed by atoms with Crippen LogP contribution in [0.15, 0.2) is 12.1 Å². The summed E-state index contributed by atoms with van der Waals surface area (Å²) in [7, 11) is 0. The van der Waals surface area contributed by atoms with Gasteiger partial charge in [0.25, 0.3) is 0 Å². The van der Waals surface area contributed by atoms with Gasteiger partial charge in [-0.15, -0.1) is 0 Å². The molecule has 2 unspecified atom stereocenters. The average molecular weight is 248 g/mol. The molecule has 1 aliphatic heterocycles. The SMILES string of the molecule is Cc1cc(C)c(C(N)CC2COCCN2)c(C)c1. The molecule has 1 aromatic rings. The van der Waals surface area contributed by atoms with Crippen LogP contribution in [0.25, 0.3) is 0 Å². The highest BCUT2D eigenvalue weighted by atomic mass is 16.5. The molecule has 0 bridgehead atoms. The van der Waals surface area contributed by atoms with E-state index in [0.29, 0.717) is 6.04 Å². The van der Waals surface area contributed by atoms with Gasteiger partial charge >= 0.3 is 0 Å². The number of ether oxygens (including phenoxy) is 1. The number of benzene rings is 1. The van der Waals surface area contributed by atoms with Crippen molar-refractivity contribution in [3.05, 3.63) is 34.4 Å². The fourth-order valence-electron chi connectivity index (χ4n) is 2.97. The van der Waals surface area contributed by atoms with E-state index in [2.05, 4.69) is 38.2 Å². The summed E-state index contributed by atoms with van der Waals surface area (Å²) >= 11 is 0. The third-order valence-corrected chi connectivity index (χ3v) is 3.65. The Labute approximate surface area is 110 Å². The first kappa shape index (κ1) is 13.5. The monoisotopic (exact) mass is 248 g/mol. The zero-order valence-corrected chi connectivity index (χ0v) is 11.6. The van der Waals surface area contributed by atoms with Gasteiger partial charge in [0.2, 0.25) is 0 Å². The third-order valence-electron chi connectivity index (χ3n) is 3.65. The largest absolute Gasteiger partial charge is 0.379 e. The molecule has 0 saturated carbocycles. The summed E-state index contributed by atoms with van der Waals surface area (Å²) in [6.45, 7) is 8.96. The molecular weight excluding hydrogens is 224 g/mol. The zero-order valence-electron chi connectivity index (χ0n) is 11.6. The van der Waals surface area contributed by atoms with E-state index in [1.165, 1.54) is 22.3 Å². The molecule has 1 aromatic carbocycles. The molecule has 1 aliphatic rings. The quantitative estimate of drug-likeness (QED) is 0.860. The van der Waals surface area contributed by atoms with Gasteiger partial charge in [-0.25, -0.2) is 0 Å². The smallest absolute Gasteiger partial charge is 0.0620 e. The predicted octanol–water partition coefficient (Wildman–Crippen LogP) is 1.99. The average Bonchev–Trinajstić information content (AvgIpc) is 2.28. The third kappa shape index (κ3) is 3.10. The summed E-state index contributed by atoms with van der Waals surface area (Å²) in [5.74, 6) is 0. The maximum absolute atomic E-state index is 6.38. The van der Waals surface area contributed by atoms with Gasteiger partial charge in [-0.3, -0.25) is 0 Å². The number of morpholine rings is 1. The topological polar surface area (TPSA) is 47.3 Å². The molecule has 0 aromatic heterocycles. The standard InChI is InChI=1S/C15H24N2O/c1-10-6-11(2)15(12(3)7-10)14(16)8-13-9-18-5-4-17-13/h6-7,13-14,17H,4-5,8-9,16H2,1-3H3. The number of nitrogens with one attached hydrogen (secondary N) is 1. The first-order valence-electron chi connectivity index (χ1n) is 6.72. The van der Waals surface area contributed by atoms with Crippen molar-refractivity contribution in [1.29, 1.82) is 0 Å². The van der Waals surface area contributed by atoms with Crippen LogP contribution >= 0.6 is 0 Å². The fourth-order valence-corrected chi connectivity index (χ4v) is 2.97. The molecule has 1 heterocycles. The van der Waals surface area contributed by atoms with Crippen LogP contribution in [0, 0.1) is 20.8 Å². The zero-order chi connectivity index (χ0) is 13.1. The highest BCUT2D eigenvalue weighted by Gasteiger charge is 2.19. The Morgan fingerprint density at radius 2 is 2.00 bits per heavy atom. The van der Waals surface area contributed by atoms with Gasteiger partial charge in [-0.2, -0.15) is 0 Å². The normalized spacial score (nSPS) is 21.9. The summed E-state index contributed by atoms with van der Waals surface area (Å²) in [4.78, 5) is 0. The van der Waals surface area contributed by atoms with E-state index in [9.17, 15) is 0 Å². The van der Waals surface area contributed by atoms with E-state index in [1.807, 2.05) is 0 Å². The molecule has 3 nitrogen and oxygen atoms in total. The number of nitrogens with two attached hydrogens (primary N) is 1. The van der Waals surface area contributed by atoms with Crippen molar-refractivity contribution in [3.8, 4) is 0 Å². The van der Waals surface area contributed by atoms with Crippen molar-refractivity contribution in [2.45, 2.75) is 39.3 Å². The van der Waals surface area contributed by atoms with Crippen LogP contribution in [-0.4, -0.2) is 25.8 Å². The van der Waals surface area contributed by atoms with Crippen LogP contribution in [0.3, 0.4) is 0 Å². The molecule has 0 radical (unpaired) electrons. The molecule has 1 fully saturated rings. The first-order valence-corrected chi connectivity index (χ1v) is 6.72. The summed E-state index contributed by atoms with van der Waals surface area (Å²) < 4.78 is 5.48. The molecule has 100 valence electrons. The van der Waals surface area contributed by atoms with E-state index in [-0.39, 0.29) is 6.04 Å².